The summed E-state index contributed by atoms with van der Waals surface area (Å²) in [4.78, 5) is 24.6. The lowest BCUT2D eigenvalue weighted by atomic mass is 10.3. The zero-order chi connectivity index (χ0) is 15.4. The number of carbonyl (C=O) groups excluding carboxylic acids is 1. The van der Waals surface area contributed by atoms with E-state index in [1.54, 1.807) is 23.8 Å². The monoisotopic (exact) mass is 311 g/mol. The van der Waals surface area contributed by atoms with Crippen molar-refractivity contribution in [2.75, 3.05) is 10.6 Å². The highest BCUT2D eigenvalue weighted by atomic mass is 32.1. The molecule has 0 unspecified atom stereocenters. The van der Waals surface area contributed by atoms with Gasteiger partial charge in [0.15, 0.2) is 0 Å². The molecule has 0 aromatic carbocycles. The molecule has 0 aliphatic carbocycles. The van der Waals surface area contributed by atoms with E-state index in [1.807, 2.05) is 31.2 Å². The van der Waals surface area contributed by atoms with Gasteiger partial charge in [0.2, 0.25) is 0 Å². The van der Waals surface area contributed by atoms with Crippen molar-refractivity contribution in [1.29, 1.82) is 0 Å². The highest BCUT2D eigenvalue weighted by Crippen LogP contribution is 2.23. The Morgan fingerprint density at radius 3 is 2.73 bits per heavy atom. The van der Waals surface area contributed by atoms with Crippen LogP contribution in [0, 0.1) is 6.92 Å². The smallest absolute Gasteiger partial charge is 0.292 e. The minimum atomic E-state index is -0.379. The molecule has 2 amide bonds. The lowest BCUT2D eigenvalue weighted by molar-refractivity contribution is 0.262. The van der Waals surface area contributed by atoms with Gasteiger partial charge < -0.3 is 0 Å². The Morgan fingerprint density at radius 2 is 1.95 bits per heavy atom. The fourth-order valence-electron chi connectivity index (χ4n) is 1.81. The third-order valence-electron chi connectivity index (χ3n) is 2.79. The second-order valence-electron chi connectivity index (χ2n) is 4.55. The summed E-state index contributed by atoms with van der Waals surface area (Å²) in [7, 11) is 0. The van der Waals surface area contributed by atoms with Gasteiger partial charge in [-0.3, -0.25) is 15.6 Å². The average Bonchev–Trinajstić information content (AvgIpc) is 2.96. The van der Waals surface area contributed by atoms with E-state index in [0.717, 1.165) is 16.3 Å². The van der Waals surface area contributed by atoms with Crippen LogP contribution in [0.2, 0.25) is 0 Å². The molecule has 0 aliphatic heterocycles. The number of aromatic nitrogens is 3. The molecule has 0 aliphatic rings. The van der Waals surface area contributed by atoms with Crippen LogP contribution in [0.3, 0.4) is 0 Å². The van der Waals surface area contributed by atoms with Gasteiger partial charge >= 0.3 is 6.03 Å². The molecule has 3 aromatic heterocycles. The lowest BCUT2D eigenvalue weighted by Crippen LogP contribution is -2.20. The second kappa shape index (κ2) is 6.31. The Labute approximate surface area is 131 Å². The van der Waals surface area contributed by atoms with Crippen molar-refractivity contribution in [3.63, 3.8) is 0 Å². The fraction of sp³-hybridized carbons (Fsp3) is 0.0667. The molecule has 7 heteroatoms. The van der Waals surface area contributed by atoms with E-state index in [0.29, 0.717) is 11.6 Å². The van der Waals surface area contributed by atoms with Crippen LogP contribution >= 0.6 is 11.3 Å². The maximum atomic E-state index is 11.9. The molecular weight excluding hydrogens is 298 g/mol. The van der Waals surface area contributed by atoms with Gasteiger partial charge in [0, 0.05) is 17.8 Å². The molecular formula is C15H13N5OS. The van der Waals surface area contributed by atoms with Crippen molar-refractivity contribution in [1.82, 2.24) is 15.0 Å². The molecule has 3 rings (SSSR count). The number of pyridine rings is 2. The Morgan fingerprint density at radius 1 is 1.09 bits per heavy atom. The first-order valence-electron chi connectivity index (χ1n) is 6.58. The quantitative estimate of drug-likeness (QED) is 0.775. The molecule has 22 heavy (non-hydrogen) atoms. The zero-order valence-corrected chi connectivity index (χ0v) is 12.6. The van der Waals surface area contributed by atoms with E-state index in [4.69, 9.17) is 0 Å². The van der Waals surface area contributed by atoms with Gasteiger partial charge in [0.05, 0.1) is 5.69 Å². The summed E-state index contributed by atoms with van der Waals surface area (Å²) in [5, 5.41) is 7.87. The van der Waals surface area contributed by atoms with Crippen molar-refractivity contribution in [2.24, 2.45) is 0 Å². The number of hydrogen-bond acceptors (Lipinski definition) is 5. The minimum Gasteiger partial charge on any atom is -0.292 e. The maximum absolute atomic E-state index is 11.9. The molecule has 2 N–H and O–H groups in total. The number of carbonyl (C=O) groups is 1. The number of urea groups is 1. The van der Waals surface area contributed by atoms with Gasteiger partial charge in [0.25, 0.3) is 0 Å². The van der Waals surface area contributed by atoms with Gasteiger partial charge in [-0.1, -0.05) is 6.07 Å². The molecule has 0 saturated carbocycles. The molecule has 0 spiro atoms. The number of nitrogens with one attached hydrogen (secondary N) is 2. The first kappa shape index (κ1) is 14.2. The summed E-state index contributed by atoms with van der Waals surface area (Å²) in [5.41, 5.74) is 1.80. The number of hydrogen-bond donors (Lipinski definition) is 2. The van der Waals surface area contributed by atoms with Crippen LogP contribution in [0.5, 0.6) is 0 Å². The van der Waals surface area contributed by atoms with Gasteiger partial charge in [-0.05, 0) is 36.8 Å². The molecule has 0 fully saturated rings. The van der Waals surface area contributed by atoms with Crippen LogP contribution in [-0.4, -0.2) is 21.0 Å². The topological polar surface area (TPSA) is 79.8 Å². The van der Waals surface area contributed by atoms with Crippen LogP contribution in [0.1, 0.15) is 5.56 Å². The van der Waals surface area contributed by atoms with Crippen LogP contribution in [0.25, 0.3) is 10.7 Å². The number of nitrogens with zero attached hydrogens (tertiary/aromatic N) is 3. The molecule has 0 saturated heterocycles. The predicted molar refractivity (Wildman–Crippen MR) is 87.0 cm³/mol. The van der Waals surface area contributed by atoms with Crippen LogP contribution in [0.4, 0.5) is 16.4 Å². The van der Waals surface area contributed by atoms with Crippen molar-refractivity contribution in [3.8, 4) is 10.7 Å². The SMILES string of the molecule is Cc1ccnc(NC(=O)Nc2csc(-c3ccccn3)n2)c1. The fourth-order valence-corrected chi connectivity index (χ4v) is 2.53. The standard InChI is InChI=1S/C15H13N5OS/c1-10-5-7-17-12(8-10)19-15(21)20-13-9-22-14(18-13)11-4-2-3-6-16-11/h2-9H,1H3,(H2,17,19,20,21). The van der Waals surface area contributed by atoms with Crippen molar-refractivity contribution in [2.45, 2.75) is 6.92 Å². The summed E-state index contributed by atoms with van der Waals surface area (Å²) in [6.07, 6.45) is 3.35. The number of amides is 2. The van der Waals surface area contributed by atoms with E-state index in [1.165, 1.54) is 11.3 Å². The largest absolute Gasteiger partial charge is 0.326 e. The average molecular weight is 311 g/mol. The normalized spacial score (nSPS) is 10.2. The maximum Gasteiger partial charge on any atom is 0.326 e. The zero-order valence-electron chi connectivity index (χ0n) is 11.8. The Bertz CT molecular complexity index is 787. The van der Waals surface area contributed by atoms with E-state index >= 15 is 0 Å². The number of rotatable bonds is 3. The molecule has 0 radical (unpaired) electrons. The summed E-state index contributed by atoms with van der Waals surface area (Å²) in [5.74, 6) is 0.980. The summed E-state index contributed by atoms with van der Waals surface area (Å²) in [6, 6.07) is 8.89. The number of anilines is 2. The molecule has 110 valence electrons. The third kappa shape index (κ3) is 3.44. The van der Waals surface area contributed by atoms with Crippen molar-refractivity contribution in [3.05, 3.63) is 53.7 Å². The highest BCUT2D eigenvalue weighted by molar-refractivity contribution is 7.13. The first-order valence-corrected chi connectivity index (χ1v) is 7.46. The highest BCUT2D eigenvalue weighted by Gasteiger charge is 2.09. The Kier molecular flexibility index (Phi) is 4.06. The first-order chi connectivity index (χ1) is 10.7. The lowest BCUT2D eigenvalue weighted by Gasteiger charge is -2.05. The van der Waals surface area contributed by atoms with Crippen LogP contribution < -0.4 is 10.6 Å². The summed E-state index contributed by atoms with van der Waals surface area (Å²) < 4.78 is 0. The van der Waals surface area contributed by atoms with Gasteiger partial charge in [0.1, 0.15) is 16.6 Å². The predicted octanol–water partition coefficient (Wildman–Crippen LogP) is 3.55. The third-order valence-corrected chi connectivity index (χ3v) is 3.65. The molecule has 0 atom stereocenters. The number of thiazole rings is 1. The van der Waals surface area contributed by atoms with Crippen molar-refractivity contribution < 1.29 is 4.79 Å². The molecule has 3 heterocycles. The van der Waals surface area contributed by atoms with E-state index in [-0.39, 0.29) is 6.03 Å². The van der Waals surface area contributed by atoms with E-state index < -0.39 is 0 Å². The molecule has 0 bridgehead atoms. The Hall–Kier alpha value is -2.80. The molecule has 6 nitrogen and oxygen atoms in total. The van der Waals surface area contributed by atoms with Gasteiger partial charge in [-0.25, -0.2) is 14.8 Å². The van der Waals surface area contributed by atoms with Crippen LogP contribution in [0.15, 0.2) is 48.1 Å². The van der Waals surface area contributed by atoms with Crippen molar-refractivity contribution >= 4 is 29.0 Å². The summed E-state index contributed by atoms with van der Waals surface area (Å²) in [6.45, 7) is 1.93. The van der Waals surface area contributed by atoms with Crippen LogP contribution in [-0.2, 0) is 0 Å². The molecule has 3 aromatic rings. The van der Waals surface area contributed by atoms with Gasteiger partial charge in [-0.15, -0.1) is 11.3 Å². The minimum absolute atomic E-state index is 0.379. The second-order valence-corrected chi connectivity index (χ2v) is 5.41. The Balaban J connectivity index is 1.66. The van der Waals surface area contributed by atoms with Gasteiger partial charge in [-0.2, -0.15) is 0 Å². The summed E-state index contributed by atoms with van der Waals surface area (Å²) >= 11 is 1.42. The number of aryl methyl sites for hydroxylation is 1. The van der Waals surface area contributed by atoms with E-state index in [2.05, 4.69) is 25.6 Å². The van der Waals surface area contributed by atoms with E-state index in [9.17, 15) is 4.79 Å².